The first-order chi connectivity index (χ1) is 11.5. The molecule has 4 nitrogen and oxygen atoms in total. The third kappa shape index (κ3) is 4.12. The summed E-state index contributed by atoms with van der Waals surface area (Å²) >= 11 is 5.48. The zero-order chi connectivity index (χ0) is 18.9. The Morgan fingerprint density at radius 3 is 2.20 bits per heavy atom. The van der Waals surface area contributed by atoms with Gasteiger partial charge in [0.25, 0.3) is 0 Å². The smallest absolute Gasteiger partial charge is 0.375 e. The van der Waals surface area contributed by atoms with E-state index in [0.29, 0.717) is 0 Å². The van der Waals surface area contributed by atoms with Gasteiger partial charge in [-0.1, -0.05) is 41.9 Å². The Balaban J connectivity index is 2.33. The second-order valence-corrected chi connectivity index (χ2v) is 7.30. The van der Waals surface area contributed by atoms with E-state index in [4.69, 9.17) is 11.6 Å². The molecule has 2 N–H and O–H groups in total. The van der Waals surface area contributed by atoms with E-state index in [1.807, 2.05) is 0 Å². The van der Waals surface area contributed by atoms with Crippen molar-refractivity contribution < 1.29 is 31.1 Å². The zero-order valence-corrected chi connectivity index (χ0v) is 14.0. The van der Waals surface area contributed by atoms with Crippen LogP contribution >= 0.6 is 11.6 Å². The van der Waals surface area contributed by atoms with Crippen LogP contribution in [0.3, 0.4) is 0 Å². The molecule has 0 radical (unpaired) electrons. The van der Waals surface area contributed by atoms with Gasteiger partial charge in [-0.15, -0.1) is 0 Å². The maximum absolute atomic E-state index is 13.3. The monoisotopic (exact) mass is 397 g/mol. The summed E-state index contributed by atoms with van der Waals surface area (Å²) in [6.45, 7) is -1.36. The number of hydrogen-bond acceptors (Lipinski definition) is 3. The van der Waals surface area contributed by atoms with Gasteiger partial charge < -0.3 is 5.11 Å². The average molecular weight is 398 g/mol. The molecule has 0 fully saturated rings. The zero-order valence-electron chi connectivity index (χ0n) is 12.4. The highest BCUT2D eigenvalue weighted by Gasteiger charge is 2.55. The van der Waals surface area contributed by atoms with Gasteiger partial charge in [-0.25, -0.2) is 17.5 Å². The Morgan fingerprint density at radius 2 is 1.68 bits per heavy atom. The molecule has 10 heteroatoms. The number of halogens is 5. The molecule has 2 aromatic carbocycles. The van der Waals surface area contributed by atoms with Gasteiger partial charge in [0.05, 0.1) is 16.5 Å². The molecule has 0 aliphatic rings. The molecule has 0 aromatic heterocycles. The molecule has 2 aromatic rings. The molecule has 0 saturated carbocycles. The second-order valence-electron chi connectivity index (χ2n) is 5.12. The van der Waals surface area contributed by atoms with Crippen molar-refractivity contribution in [2.24, 2.45) is 0 Å². The Bertz CT molecular complexity index is 859. The van der Waals surface area contributed by atoms with Gasteiger partial charge >= 0.3 is 6.18 Å². The van der Waals surface area contributed by atoms with Crippen LogP contribution in [0.1, 0.15) is 5.56 Å². The lowest BCUT2D eigenvalue weighted by Gasteiger charge is -2.31. The van der Waals surface area contributed by atoms with Crippen LogP contribution in [0.25, 0.3) is 0 Å². The highest BCUT2D eigenvalue weighted by atomic mass is 35.5. The number of nitrogens with one attached hydrogen (secondary N) is 1. The summed E-state index contributed by atoms with van der Waals surface area (Å²) < 4.78 is 79.0. The van der Waals surface area contributed by atoms with Crippen molar-refractivity contribution in [3.63, 3.8) is 0 Å². The third-order valence-corrected chi connectivity index (χ3v) is 5.13. The quantitative estimate of drug-likeness (QED) is 0.761. The number of alkyl halides is 3. The summed E-state index contributed by atoms with van der Waals surface area (Å²) in [6.07, 6.45) is -5.14. The third-order valence-electron chi connectivity index (χ3n) is 3.44. The lowest BCUT2D eigenvalue weighted by molar-refractivity contribution is -0.263. The summed E-state index contributed by atoms with van der Waals surface area (Å²) in [4.78, 5) is -0.531. The van der Waals surface area contributed by atoms with Crippen LogP contribution in [0.2, 0.25) is 5.02 Å². The standard InChI is InChI=1S/C15H12ClF4NO3S/c16-12-8-11(6-7-13(12)17)25(23,24)21-9-14(22,15(18,19)20)10-4-2-1-3-5-10/h1-8,21-22H,9H2/t14-/m1/s1. The first-order valence-corrected chi connectivity index (χ1v) is 8.63. The minimum Gasteiger partial charge on any atom is -0.375 e. The highest BCUT2D eigenvalue weighted by molar-refractivity contribution is 7.89. The summed E-state index contributed by atoms with van der Waals surface area (Å²) in [5.74, 6) is -0.878. The Kier molecular flexibility index (Phi) is 5.43. The SMILES string of the molecule is O=S(=O)(NC[C@@](O)(c1ccccc1)C(F)(F)F)c1ccc(F)c(Cl)c1. The molecule has 2 rings (SSSR count). The number of aliphatic hydroxyl groups is 1. The van der Waals surface area contributed by atoms with Crippen LogP contribution in [0.5, 0.6) is 0 Å². The molecule has 136 valence electrons. The first-order valence-electron chi connectivity index (χ1n) is 6.77. The van der Waals surface area contributed by atoms with E-state index in [1.165, 1.54) is 18.2 Å². The van der Waals surface area contributed by atoms with Crippen molar-refractivity contribution in [3.05, 3.63) is 64.9 Å². The fourth-order valence-corrected chi connectivity index (χ4v) is 3.34. The van der Waals surface area contributed by atoms with Crippen molar-refractivity contribution in [1.29, 1.82) is 0 Å². The molecule has 0 bridgehead atoms. The lowest BCUT2D eigenvalue weighted by Crippen LogP contribution is -2.51. The second kappa shape index (κ2) is 6.91. The predicted octanol–water partition coefficient (Wildman–Crippen LogP) is 3.21. The Labute approximate surface area is 146 Å². The van der Waals surface area contributed by atoms with Gasteiger partial charge in [-0.05, 0) is 23.8 Å². The van der Waals surface area contributed by atoms with Crippen LogP contribution < -0.4 is 4.72 Å². The van der Waals surface area contributed by atoms with Crippen molar-refractivity contribution >= 4 is 21.6 Å². The van der Waals surface area contributed by atoms with Crippen LogP contribution in [-0.2, 0) is 15.6 Å². The van der Waals surface area contributed by atoms with Crippen molar-refractivity contribution in [3.8, 4) is 0 Å². The Morgan fingerprint density at radius 1 is 1.08 bits per heavy atom. The van der Waals surface area contributed by atoms with Crippen LogP contribution in [0, 0.1) is 5.82 Å². The highest BCUT2D eigenvalue weighted by Crippen LogP contribution is 2.38. The van der Waals surface area contributed by atoms with Crippen LogP contribution in [0.15, 0.2) is 53.4 Å². The number of rotatable bonds is 5. The number of sulfonamides is 1. The normalized spacial score (nSPS) is 15.0. The van der Waals surface area contributed by atoms with E-state index in [1.54, 1.807) is 4.72 Å². The molecule has 1 atom stereocenters. The molecular weight excluding hydrogens is 386 g/mol. The summed E-state index contributed by atoms with van der Waals surface area (Å²) in [7, 11) is -4.46. The van der Waals surface area contributed by atoms with Gasteiger partial charge in [0.2, 0.25) is 10.0 Å². The van der Waals surface area contributed by atoms with Gasteiger partial charge in [0.1, 0.15) is 5.82 Å². The topological polar surface area (TPSA) is 66.4 Å². The largest absolute Gasteiger partial charge is 0.422 e. The predicted molar refractivity (Wildman–Crippen MR) is 83.0 cm³/mol. The molecular formula is C15H12ClF4NO3S. The van der Waals surface area contributed by atoms with E-state index < -0.39 is 49.6 Å². The van der Waals surface area contributed by atoms with Crippen molar-refractivity contribution in [2.45, 2.75) is 16.7 Å². The molecule has 25 heavy (non-hydrogen) atoms. The van der Waals surface area contributed by atoms with Gasteiger partial charge in [-0.3, -0.25) is 0 Å². The van der Waals surface area contributed by atoms with E-state index in [9.17, 15) is 31.1 Å². The maximum atomic E-state index is 13.3. The minimum atomic E-state index is -5.14. The van der Waals surface area contributed by atoms with Gasteiger partial charge in [-0.2, -0.15) is 13.2 Å². The molecule has 0 heterocycles. The van der Waals surface area contributed by atoms with Crippen molar-refractivity contribution in [2.75, 3.05) is 6.54 Å². The first kappa shape index (κ1) is 19.6. The fourth-order valence-electron chi connectivity index (χ4n) is 2.01. The molecule has 0 saturated heterocycles. The number of hydrogen-bond donors (Lipinski definition) is 2. The van der Waals surface area contributed by atoms with Gasteiger partial charge in [0.15, 0.2) is 5.60 Å². The van der Waals surface area contributed by atoms with E-state index in [2.05, 4.69) is 0 Å². The molecule has 0 spiro atoms. The van der Waals surface area contributed by atoms with Crippen LogP contribution in [0.4, 0.5) is 17.6 Å². The van der Waals surface area contributed by atoms with E-state index >= 15 is 0 Å². The summed E-state index contributed by atoms with van der Waals surface area (Å²) in [5.41, 5.74) is -3.96. The van der Waals surface area contributed by atoms with Crippen molar-refractivity contribution in [1.82, 2.24) is 4.72 Å². The fraction of sp³-hybridized carbons (Fsp3) is 0.200. The molecule has 0 aliphatic heterocycles. The number of benzene rings is 2. The average Bonchev–Trinajstić information content (AvgIpc) is 2.55. The minimum absolute atomic E-state index is 0.503. The van der Waals surface area contributed by atoms with Gasteiger partial charge in [0, 0.05) is 0 Å². The summed E-state index contributed by atoms with van der Waals surface area (Å²) in [6, 6.07) is 8.43. The van der Waals surface area contributed by atoms with E-state index in [-0.39, 0.29) is 0 Å². The van der Waals surface area contributed by atoms with Crippen LogP contribution in [-0.4, -0.2) is 26.2 Å². The maximum Gasteiger partial charge on any atom is 0.422 e. The molecule has 0 amide bonds. The lowest BCUT2D eigenvalue weighted by atomic mass is 9.93. The Hall–Kier alpha value is -1.68. The molecule has 0 unspecified atom stereocenters. The molecule has 0 aliphatic carbocycles. The summed E-state index contributed by atoms with van der Waals surface area (Å²) in [5, 5.41) is 9.59. The van der Waals surface area contributed by atoms with E-state index in [0.717, 1.165) is 30.3 Å².